The van der Waals surface area contributed by atoms with E-state index >= 15 is 0 Å². The highest BCUT2D eigenvalue weighted by Gasteiger charge is 2.28. The van der Waals surface area contributed by atoms with Crippen molar-refractivity contribution in [3.05, 3.63) is 35.9 Å². The summed E-state index contributed by atoms with van der Waals surface area (Å²) >= 11 is 0. The summed E-state index contributed by atoms with van der Waals surface area (Å²) in [7, 11) is 1.30. The molecule has 4 nitrogen and oxygen atoms in total. The molecule has 0 saturated heterocycles. The summed E-state index contributed by atoms with van der Waals surface area (Å²) in [6.07, 6.45) is 5.82. The van der Waals surface area contributed by atoms with Gasteiger partial charge in [0.05, 0.1) is 7.11 Å². The number of benzene rings is 1. The van der Waals surface area contributed by atoms with Gasteiger partial charge in [-0.15, -0.1) is 0 Å². The number of hydrogen-bond acceptors (Lipinski definition) is 4. The SMILES string of the molecule is CCCCCCCC(C(=O)OC)C(=O)OCc1ccccc1. The molecule has 1 atom stereocenters. The van der Waals surface area contributed by atoms with Crippen molar-refractivity contribution >= 4 is 11.9 Å². The molecule has 122 valence electrons. The third-order valence-electron chi connectivity index (χ3n) is 3.59. The number of methoxy groups -OCH3 is 1. The average molecular weight is 306 g/mol. The molecular formula is C18H26O4. The zero-order valence-corrected chi connectivity index (χ0v) is 13.5. The largest absolute Gasteiger partial charge is 0.468 e. The second-order valence-electron chi connectivity index (χ2n) is 5.37. The fraction of sp³-hybridized carbons (Fsp3) is 0.556. The van der Waals surface area contributed by atoms with Crippen LogP contribution in [-0.4, -0.2) is 19.0 Å². The van der Waals surface area contributed by atoms with Gasteiger partial charge in [-0.1, -0.05) is 69.4 Å². The van der Waals surface area contributed by atoms with Gasteiger partial charge in [-0.2, -0.15) is 0 Å². The molecule has 1 rings (SSSR count). The first kappa shape index (κ1) is 18.2. The standard InChI is InChI=1S/C18H26O4/c1-3-4-5-6-10-13-16(17(19)21-2)18(20)22-14-15-11-8-7-9-12-15/h7-9,11-12,16H,3-6,10,13-14H2,1-2H3. The molecule has 0 spiro atoms. The van der Waals surface area contributed by atoms with Crippen LogP contribution in [-0.2, 0) is 25.7 Å². The molecule has 0 aliphatic heterocycles. The van der Waals surface area contributed by atoms with Crippen LogP contribution < -0.4 is 0 Å². The highest BCUT2D eigenvalue weighted by atomic mass is 16.5. The molecule has 0 N–H and O–H groups in total. The Bertz CT molecular complexity index is 442. The van der Waals surface area contributed by atoms with Crippen LogP contribution in [0, 0.1) is 5.92 Å². The van der Waals surface area contributed by atoms with Crippen molar-refractivity contribution < 1.29 is 19.1 Å². The summed E-state index contributed by atoms with van der Waals surface area (Å²) in [5.74, 6) is -1.81. The van der Waals surface area contributed by atoms with Gasteiger partial charge in [0.1, 0.15) is 6.61 Å². The van der Waals surface area contributed by atoms with Crippen molar-refractivity contribution in [2.24, 2.45) is 5.92 Å². The second-order valence-corrected chi connectivity index (χ2v) is 5.37. The van der Waals surface area contributed by atoms with Crippen molar-refractivity contribution in [3.63, 3.8) is 0 Å². The Morgan fingerprint density at radius 1 is 1.00 bits per heavy atom. The van der Waals surface area contributed by atoms with Crippen LogP contribution in [0.4, 0.5) is 0 Å². The van der Waals surface area contributed by atoms with E-state index in [0.29, 0.717) is 6.42 Å². The summed E-state index contributed by atoms with van der Waals surface area (Å²) in [4.78, 5) is 23.9. The molecule has 0 bridgehead atoms. The molecule has 0 amide bonds. The predicted octanol–water partition coefficient (Wildman–Crippen LogP) is 3.88. The topological polar surface area (TPSA) is 52.6 Å². The lowest BCUT2D eigenvalue weighted by molar-refractivity contribution is -0.161. The van der Waals surface area contributed by atoms with Crippen LogP contribution in [0.3, 0.4) is 0 Å². The minimum atomic E-state index is -0.810. The highest BCUT2D eigenvalue weighted by Crippen LogP contribution is 2.16. The summed E-state index contributed by atoms with van der Waals surface area (Å²) in [6, 6.07) is 9.43. The first-order valence-electron chi connectivity index (χ1n) is 7.97. The van der Waals surface area contributed by atoms with Gasteiger partial charge in [-0.25, -0.2) is 0 Å². The van der Waals surface area contributed by atoms with Gasteiger partial charge in [0, 0.05) is 0 Å². The van der Waals surface area contributed by atoms with E-state index in [9.17, 15) is 9.59 Å². The molecule has 22 heavy (non-hydrogen) atoms. The van der Waals surface area contributed by atoms with E-state index in [1.165, 1.54) is 20.0 Å². The van der Waals surface area contributed by atoms with E-state index < -0.39 is 17.9 Å². The predicted molar refractivity (Wildman–Crippen MR) is 85.1 cm³/mol. The maximum absolute atomic E-state index is 12.1. The van der Waals surface area contributed by atoms with Crippen LogP contribution in [0.15, 0.2) is 30.3 Å². The Labute approximate surface area is 132 Å². The van der Waals surface area contributed by atoms with Gasteiger partial charge in [-0.05, 0) is 12.0 Å². The lowest BCUT2D eigenvalue weighted by Gasteiger charge is -2.14. The smallest absolute Gasteiger partial charge is 0.320 e. The van der Waals surface area contributed by atoms with E-state index in [1.54, 1.807) is 0 Å². The van der Waals surface area contributed by atoms with E-state index in [1.807, 2.05) is 30.3 Å². The Kier molecular flexibility index (Phi) is 8.96. The quantitative estimate of drug-likeness (QED) is 0.374. The molecule has 0 aromatic heterocycles. The summed E-state index contributed by atoms with van der Waals surface area (Å²) in [6.45, 7) is 2.33. The third-order valence-corrected chi connectivity index (χ3v) is 3.59. The molecule has 1 aromatic rings. The molecule has 0 aliphatic carbocycles. The first-order valence-corrected chi connectivity index (χ1v) is 7.97. The summed E-state index contributed by atoms with van der Waals surface area (Å²) in [5, 5.41) is 0. The Balaban J connectivity index is 2.44. The molecule has 0 saturated carbocycles. The molecule has 1 unspecified atom stereocenters. The van der Waals surface area contributed by atoms with Crippen LogP contribution in [0.2, 0.25) is 0 Å². The number of unbranched alkanes of at least 4 members (excludes halogenated alkanes) is 4. The van der Waals surface area contributed by atoms with Gasteiger partial charge < -0.3 is 9.47 Å². The Morgan fingerprint density at radius 3 is 2.32 bits per heavy atom. The van der Waals surface area contributed by atoms with Crippen LogP contribution in [0.5, 0.6) is 0 Å². The van der Waals surface area contributed by atoms with Crippen LogP contribution >= 0.6 is 0 Å². The molecule has 4 heteroatoms. The van der Waals surface area contributed by atoms with Crippen molar-refractivity contribution in [3.8, 4) is 0 Å². The number of hydrogen-bond donors (Lipinski definition) is 0. The Hall–Kier alpha value is -1.84. The lowest BCUT2D eigenvalue weighted by Crippen LogP contribution is -2.27. The number of esters is 2. The van der Waals surface area contributed by atoms with E-state index in [4.69, 9.17) is 9.47 Å². The van der Waals surface area contributed by atoms with Gasteiger partial charge in [-0.3, -0.25) is 9.59 Å². The molecule has 0 aliphatic rings. The molecule has 0 fully saturated rings. The Morgan fingerprint density at radius 2 is 1.68 bits per heavy atom. The summed E-state index contributed by atoms with van der Waals surface area (Å²) < 4.78 is 9.98. The molecule has 1 aromatic carbocycles. The minimum absolute atomic E-state index is 0.184. The van der Waals surface area contributed by atoms with E-state index in [-0.39, 0.29) is 6.61 Å². The normalized spacial score (nSPS) is 11.7. The maximum Gasteiger partial charge on any atom is 0.320 e. The van der Waals surface area contributed by atoms with Crippen molar-refractivity contribution in [1.29, 1.82) is 0 Å². The van der Waals surface area contributed by atoms with Crippen LogP contribution in [0.25, 0.3) is 0 Å². The second kappa shape index (κ2) is 10.8. The average Bonchev–Trinajstić information content (AvgIpc) is 2.56. The van der Waals surface area contributed by atoms with Crippen molar-refractivity contribution in [1.82, 2.24) is 0 Å². The van der Waals surface area contributed by atoms with Gasteiger partial charge >= 0.3 is 11.9 Å². The first-order chi connectivity index (χ1) is 10.7. The lowest BCUT2D eigenvalue weighted by atomic mass is 10.0. The van der Waals surface area contributed by atoms with E-state index in [2.05, 4.69) is 6.92 Å². The number of ether oxygens (including phenoxy) is 2. The van der Waals surface area contributed by atoms with Gasteiger partial charge in [0.25, 0.3) is 0 Å². The van der Waals surface area contributed by atoms with Crippen molar-refractivity contribution in [2.45, 2.75) is 52.1 Å². The minimum Gasteiger partial charge on any atom is -0.468 e. The monoisotopic (exact) mass is 306 g/mol. The number of carbonyl (C=O) groups excluding carboxylic acids is 2. The van der Waals surface area contributed by atoms with Crippen molar-refractivity contribution in [2.75, 3.05) is 7.11 Å². The zero-order chi connectivity index (χ0) is 16.2. The highest BCUT2D eigenvalue weighted by molar-refractivity contribution is 5.94. The zero-order valence-electron chi connectivity index (χ0n) is 13.5. The molecular weight excluding hydrogens is 280 g/mol. The fourth-order valence-electron chi connectivity index (χ4n) is 2.26. The third kappa shape index (κ3) is 6.74. The van der Waals surface area contributed by atoms with Gasteiger partial charge in [0.2, 0.25) is 0 Å². The van der Waals surface area contributed by atoms with Crippen LogP contribution in [0.1, 0.15) is 51.0 Å². The van der Waals surface area contributed by atoms with E-state index in [0.717, 1.165) is 24.8 Å². The molecule has 0 radical (unpaired) electrons. The summed E-state index contributed by atoms with van der Waals surface area (Å²) in [5.41, 5.74) is 0.905. The number of carbonyl (C=O) groups is 2. The maximum atomic E-state index is 12.1. The van der Waals surface area contributed by atoms with Gasteiger partial charge in [0.15, 0.2) is 5.92 Å². The molecule has 0 heterocycles. The fourth-order valence-corrected chi connectivity index (χ4v) is 2.26. The number of rotatable bonds is 10.